The Morgan fingerprint density at radius 1 is 0.795 bits per heavy atom. The second-order valence-electron chi connectivity index (χ2n) is 13.6. The first-order valence-corrected chi connectivity index (χ1v) is 18.9. The standard InChI is InChI=1S/C36H42NSSi/c1-21(2)16-24-10-13-27-29(18-24)23(5)33-35-34-28(14-15-37(35)6)30-20-26(39(7,8)9)12-11-25(30)19-32(34)38-36(33)31(27)17-22(3)4/h10-15,18-22H,16-17H2,1-9H3/q+1. The molecule has 6 rings (SSSR count). The second kappa shape index (κ2) is 9.49. The van der Waals surface area contributed by atoms with Crippen LogP contribution in [0.2, 0.25) is 19.6 Å². The van der Waals surface area contributed by atoms with Crippen molar-refractivity contribution in [2.75, 3.05) is 0 Å². The molecule has 0 spiro atoms. The Hall–Kier alpha value is -2.62. The lowest BCUT2D eigenvalue weighted by molar-refractivity contribution is -0.659. The van der Waals surface area contributed by atoms with Crippen molar-refractivity contribution >= 4 is 57.3 Å². The summed E-state index contributed by atoms with van der Waals surface area (Å²) < 4.78 is 2.38. The maximum atomic E-state index is 2.50. The van der Waals surface area contributed by atoms with Crippen LogP contribution < -0.4 is 9.75 Å². The molecule has 0 saturated heterocycles. The molecule has 1 aliphatic heterocycles. The highest BCUT2D eigenvalue weighted by molar-refractivity contribution is 8.00. The average molecular weight is 549 g/mol. The number of aryl methyl sites for hydroxylation is 2. The molecule has 5 aromatic rings. The quantitative estimate of drug-likeness (QED) is 0.118. The molecule has 1 aliphatic rings. The van der Waals surface area contributed by atoms with Gasteiger partial charge in [0.15, 0.2) is 6.20 Å². The fraction of sp³-hybridized carbons (Fsp3) is 0.361. The summed E-state index contributed by atoms with van der Waals surface area (Å²) in [4.78, 5) is 2.87. The highest BCUT2D eigenvalue weighted by Crippen LogP contribution is 2.53. The van der Waals surface area contributed by atoms with E-state index in [9.17, 15) is 0 Å². The van der Waals surface area contributed by atoms with E-state index in [2.05, 4.69) is 121 Å². The van der Waals surface area contributed by atoms with Crippen LogP contribution in [0.25, 0.3) is 43.6 Å². The first kappa shape index (κ1) is 26.6. The largest absolute Gasteiger partial charge is 0.222 e. The topological polar surface area (TPSA) is 3.88 Å². The Morgan fingerprint density at radius 2 is 1.54 bits per heavy atom. The number of rotatable bonds is 5. The number of pyridine rings is 1. The van der Waals surface area contributed by atoms with E-state index in [-0.39, 0.29) is 0 Å². The van der Waals surface area contributed by atoms with Gasteiger partial charge in [0.2, 0.25) is 5.69 Å². The van der Waals surface area contributed by atoms with E-state index >= 15 is 0 Å². The molecule has 1 aromatic heterocycles. The van der Waals surface area contributed by atoms with Gasteiger partial charge in [-0.2, -0.15) is 0 Å². The minimum absolute atomic E-state index is 0.596. The van der Waals surface area contributed by atoms with Crippen molar-refractivity contribution in [3.05, 3.63) is 71.4 Å². The first-order chi connectivity index (χ1) is 18.4. The maximum Gasteiger partial charge on any atom is 0.222 e. The number of hydrogen-bond acceptors (Lipinski definition) is 1. The number of nitrogens with zero attached hydrogens (tertiary/aromatic N) is 1. The van der Waals surface area contributed by atoms with Gasteiger partial charge in [0, 0.05) is 21.2 Å². The number of hydrogen-bond donors (Lipinski definition) is 0. The monoisotopic (exact) mass is 548 g/mol. The van der Waals surface area contributed by atoms with Crippen LogP contribution in [0.15, 0.2) is 64.5 Å². The summed E-state index contributed by atoms with van der Waals surface area (Å²) in [5, 5.41) is 9.99. The van der Waals surface area contributed by atoms with Crippen molar-refractivity contribution in [3.63, 3.8) is 0 Å². The van der Waals surface area contributed by atoms with Crippen LogP contribution in [0, 0.1) is 18.8 Å². The van der Waals surface area contributed by atoms with Crippen LogP contribution in [-0.2, 0) is 19.9 Å². The van der Waals surface area contributed by atoms with Crippen LogP contribution in [0.4, 0.5) is 0 Å². The third-order valence-corrected chi connectivity index (χ3v) is 11.7. The Balaban J connectivity index is 1.73. The summed E-state index contributed by atoms with van der Waals surface area (Å²) in [6, 6.07) is 19.4. The van der Waals surface area contributed by atoms with Crippen molar-refractivity contribution in [3.8, 4) is 11.3 Å². The van der Waals surface area contributed by atoms with Crippen molar-refractivity contribution < 1.29 is 4.57 Å². The van der Waals surface area contributed by atoms with Gasteiger partial charge in [0.25, 0.3) is 0 Å². The van der Waals surface area contributed by atoms with Gasteiger partial charge in [-0.1, -0.05) is 101 Å². The first-order valence-electron chi connectivity index (χ1n) is 14.6. The molecule has 39 heavy (non-hydrogen) atoms. The van der Waals surface area contributed by atoms with Gasteiger partial charge in [-0.25, -0.2) is 4.57 Å². The lowest BCUT2D eigenvalue weighted by Gasteiger charge is -2.26. The number of benzene rings is 4. The van der Waals surface area contributed by atoms with E-state index in [1.165, 1.54) is 75.2 Å². The van der Waals surface area contributed by atoms with Gasteiger partial charge >= 0.3 is 0 Å². The van der Waals surface area contributed by atoms with Gasteiger partial charge < -0.3 is 0 Å². The van der Waals surface area contributed by atoms with E-state index < -0.39 is 8.07 Å². The molecule has 1 nitrogen and oxygen atoms in total. The van der Waals surface area contributed by atoms with Crippen molar-refractivity contribution in [2.45, 2.75) is 76.9 Å². The minimum atomic E-state index is -1.42. The molecule has 0 N–H and O–H groups in total. The summed E-state index contributed by atoms with van der Waals surface area (Å²) in [5.74, 6) is 1.25. The van der Waals surface area contributed by atoms with E-state index in [1.54, 1.807) is 0 Å². The van der Waals surface area contributed by atoms with Gasteiger partial charge in [-0.05, 0) is 75.9 Å². The second-order valence-corrected chi connectivity index (χ2v) is 19.7. The number of aromatic nitrogens is 1. The van der Waals surface area contributed by atoms with E-state index in [0.29, 0.717) is 11.8 Å². The zero-order chi connectivity index (χ0) is 27.8. The van der Waals surface area contributed by atoms with E-state index in [1.807, 2.05) is 11.8 Å². The molecule has 200 valence electrons. The zero-order valence-corrected chi connectivity index (χ0v) is 26.9. The van der Waals surface area contributed by atoms with Crippen molar-refractivity contribution in [1.29, 1.82) is 0 Å². The van der Waals surface area contributed by atoms with E-state index in [4.69, 9.17) is 0 Å². The molecule has 0 bridgehead atoms. The predicted octanol–water partition coefficient (Wildman–Crippen LogP) is 9.35. The number of fused-ring (bicyclic) bond motifs is 5. The van der Waals surface area contributed by atoms with Crippen molar-refractivity contribution in [1.82, 2.24) is 0 Å². The summed E-state index contributed by atoms with van der Waals surface area (Å²) in [6.07, 6.45) is 4.51. The van der Waals surface area contributed by atoms with Crippen molar-refractivity contribution in [2.24, 2.45) is 18.9 Å². The molecule has 2 heterocycles. The molecule has 0 radical (unpaired) electrons. The molecule has 0 fully saturated rings. The molecular formula is C36H42NSSi+. The van der Waals surface area contributed by atoms with Crippen LogP contribution in [0.5, 0.6) is 0 Å². The smallest absolute Gasteiger partial charge is 0.200 e. The maximum absolute atomic E-state index is 2.50. The van der Waals surface area contributed by atoms with Gasteiger partial charge in [0.05, 0.1) is 19.0 Å². The Bertz CT molecular complexity index is 1790. The van der Waals surface area contributed by atoms with E-state index in [0.717, 1.165) is 12.8 Å². The molecule has 0 unspecified atom stereocenters. The molecular weight excluding hydrogens is 507 g/mol. The molecule has 0 aliphatic carbocycles. The Morgan fingerprint density at radius 3 is 2.23 bits per heavy atom. The SMILES string of the molecule is Cc1c2c(c(CC(C)C)c3ccc(CC(C)C)cc13)Sc1cc3ccc([Si](C)(C)C)cc3c3cc[n+](C)c-2c13. The Kier molecular flexibility index (Phi) is 6.47. The third-order valence-electron chi connectivity index (χ3n) is 8.46. The summed E-state index contributed by atoms with van der Waals surface area (Å²) >= 11 is 2.02. The lowest BCUT2D eigenvalue weighted by atomic mass is 9.86. The molecule has 0 amide bonds. The summed E-state index contributed by atoms with van der Waals surface area (Å²) in [7, 11) is 0.820. The lowest BCUT2D eigenvalue weighted by Crippen LogP contribution is -2.37. The fourth-order valence-electron chi connectivity index (χ4n) is 6.56. The van der Waals surface area contributed by atoms with Crippen LogP contribution in [0.1, 0.15) is 44.4 Å². The minimum Gasteiger partial charge on any atom is -0.200 e. The van der Waals surface area contributed by atoms with Crippen LogP contribution in [-0.4, -0.2) is 8.07 Å². The molecule has 4 aromatic carbocycles. The molecule has 0 saturated carbocycles. The Labute approximate surface area is 239 Å². The highest BCUT2D eigenvalue weighted by Gasteiger charge is 2.32. The van der Waals surface area contributed by atoms with Crippen LogP contribution >= 0.6 is 11.8 Å². The van der Waals surface area contributed by atoms with Gasteiger partial charge in [-0.3, -0.25) is 0 Å². The fourth-order valence-corrected chi connectivity index (χ4v) is 9.10. The average Bonchev–Trinajstić information content (AvgIpc) is 2.86. The normalized spacial score (nSPS) is 13.3. The van der Waals surface area contributed by atoms with Gasteiger partial charge in [-0.15, -0.1) is 0 Å². The predicted molar refractivity (Wildman–Crippen MR) is 174 cm³/mol. The molecule has 0 atom stereocenters. The summed E-state index contributed by atoms with van der Waals surface area (Å²) in [5.41, 5.74) is 7.24. The zero-order valence-electron chi connectivity index (χ0n) is 25.1. The van der Waals surface area contributed by atoms with Crippen LogP contribution in [0.3, 0.4) is 0 Å². The van der Waals surface area contributed by atoms with Gasteiger partial charge in [0.1, 0.15) is 7.05 Å². The summed E-state index contributed by atoms with van der Waals surface area (Å²) in [6.45, 7) is 19.1. The third kappa shape index (κ3) is 4.42. The highest BCUT2D eigenvalue weighted by atomic mass is 32.2. The molecule has 3 heteroatoms.